The van der Waals surface area contributed by atoms with Gasteiger partial charge in [-0.05, 0) is 19.1 Å². The maximum Gasteiger partial charge on any atom is 0.230 e. The quantitative estimate of drug-likeness (QED) is 0.433. The molecule has 0 aliphatic carbocycles. The van der Waals surface area contributed by atoms with Gasteiger partial charge in [0.25, 0.3) is 0 Å². The lowest BCUT2D eigenvalue weighted by atomic mass is 10.2. The van der Waals surface area contributed by atoms with Gasteiger partial charge < -0.3 is 14.1 Å². The zero-order valence-electron chi connectivity index (χ0n) is 13.7. The number of aromatic amines is 1. The third kappa shape index (κ3) is 2.96. The highest BCUT2D eigenvalue weighted by molar-refractivity contribution is 7.98. The van der Waals surface area contributed by atoms with Gasteiger partial charge in [0.2, 0.25) is 5.89 Å². The molecule has 0 saturated heterocycles. The molecule has 0 aliphatic heterocycles. The Labute approximate surface area is 147 Å². The zero-order valence-corrected chi connectivity index (χ0v) is 14.5. The molecule has 0 unspecified atom stereocenters. The monoisotopic (exact) mass is 353 g/mol. The fraction of sp³-hybridized carbons (Fsp3) is 0.176. The van der Waals surface area contributed by atoms with E-state index in [0.717, 1.165) is 33.3 Å². The van der Waals surface area contributed by atoms with E-state index in [0.29, 0.717) is 17.3 Å². The van der Waals surface area contributed by atoms with Crippen molar-refractivity contribution in [3.63, 3.8) is 0 Å². The number of rotatable bonds is 5. The molecule has 0 amide bonds. The maximum atomic E-state index is 5.85. The number of para-hydroxylation sites is 1. The van der Waals surface area contributed by atoms with Crippen LogP contribution in [0.3, 0.4) is 0 Å². The molecular weight excluding hydrogens is 338 g/mol. The van der Waals surface area contributed by atoms with E-state index in [-0.39, 0.29) is 0 Å². The molecule has 1 aromatic carbocycles. The number of aryl methyl sites for hydroxylation is 1. The van der Waals surface area contributed by atoms with E-state index >= 15 is 0 Å². The van der Waals surface area contributed by atoms with Crippen LogP contribution < -0.4 is 4.74 Å². The lowest BCUT2D eigenvalue weighted by Crippen LogP contribution is -1.90. The number of hydrogen-bond donors (Lipinski definition) is 1. The molecule has 4 aromatic rings. The van der Waals surface area contributed by atoms with Gasteiger partial charge in [0.05, 0.1) is 24.7 Å². The predicted molar refractivity (Wildman–Crippen MR) is 94.5 cm³/mol. The molecule has 1 N–H and O–H groups in total. The summed E-state index contributed by atoms with van der Waals surface area (Å²) in [5.74, 6) is 2.71. The van der Waals surface area contributed by atoms with Gasteiger partial charge >= 0.3 is 0 Å². The molecular formula is C17H15N5O2S. The van der Waals surface area contributed by atoms with Crippen molar-refractivity contribution in [3.05, 3.63) is 48.4 Å². The number of ether oxygens (including phenoxy) is 1. The standard InChI is InChI=1S/C17H15N5O2S/c1-10-12(7-25-17-14-15(19-8-18-14)20-9-21-17)22-16(24-10)11-5-3-4-6-13(11)23-2/h3-6,8-9H,7H2,1-2H3,(H,18,19,20,21). The van der Waals surface area contributed by atoms with Crippen LogP contribution in [0.15, 0.2) is 46.4 Å². The highest BCUT2D eigenvalue weighted by atomic mass is 32.2. The van der Waals surface area contributed by atoms with Crippen molar-refractivity contribution in [2.75, 3.05) is 7.11 Å². The summed E-state index contributed by atoms with van der Waals surface area (Å²) in [5, 5.41) is 0.837. The van der Waals surface area contributed by atoms with Crippen LogP contribution in [0.25, 0.3) is 22.6 Å². The fourth-order valence-electron chi connectivity index (χ4n) is 2.49. The number of oxazole rings is 1. The number of methoxy groups -OCH3 is 1. The summed E-state index contributed by atoms with van der Waals surface area (Å²) in [6.07, 6.45) is 3.13. The van der Waals surface area contributed by atoms with Crippen LogP contribution in [0.2, 0.25) is 0 Å². The van der Waals surface area contributed by atoms with Gasteiger partial charge in [0.15, 0.2) is 5.65 Å². The van der Waals surface area contributed by atoms with E-state index in [1.807, 2.05) is 31.2 Å². The fourth-order valence-corrected chi connectivity index (χ4v) is 3.44. The summed E-state index contributed by atoms with van der Waals surface area (Å²) in [5.41, 5.74) is 3.20. The number of aromatic nitrogens is 5. The summed E-state index contributed by atoms with van der Waals surface area (Å²) in [4.78, 5) is 20.3. The summed E-state index contributed by atoms with van der Waals surface area (Å²) in [6.45, 7) is 1.91. The summed E-state index contributed by atoms with van der Waals surface area (Å²) in [6, 6.07) is 7.67. The normalized spacial score (nSPS) is 11.1. The first kappa shape index (κ1) is 15.6. The minimum Gasteiger partial charge on any atom is -0.496 e. The number of hydrogen-bond acceptors (Lipinski definition) is 7. The Kier molecular flexibility index (Phi) is 4.10. The Hall–Kier alpha value is -2.87. The summed E-state index contributed by atoms with van der Waals surface area (Å²) >= 11 is 1.56. The van der Waals surface area contributed by atoms with Crippen LogP contribution in [0, 0.1) is 6.92 Å². The minimum absolute atomic E-state index is 0.555. The predicted octanol–water partition coefficient (Wildman–Crippen LogP) is 3.62. The number of thioether (sulfide) groups is 1. The molecule has 0 saturated carbocycles. The van der Waals surface area contributed by atoms with Gasteiger partial charge in [0.1, 0.15) is 28.4 Å². The second-order valence-corrected chi connectivity index (χ2v) is 6.25. The van der Waals surface area contributed by atoms with Crippen molar-refractivity contribution in [2.45, 2.75) is 17.7 Å². The second kappa shape index (κ2) is 6.56. The smallest absolute Gasteiger partial charge is 0.230 e. The van der Waals surface area contributed by atoms with Crippen LogP contribution in [-0.4, -0.2) is 32.0 Å². The topological polar surface area (TPSA) is 89.7 Å². The van der Waals surface area contributed by atoms with Crippen LogP contribution in [0.5, 0.6) is 5.75 Å². The highest BCUT2D eigenvalue weighted by Crippen LogP contribution is 2.32. The van der Waals surface area contributed by atoms with E-state index < -0.39 is 0 Å². The molecule has 25 heavy (non-hydrogen) atoms. The van der Waals surface area contributed by atoms with E-state index in [9.17, 15) is 0 Å². The summed E-state index contributed by atoms with van der Waals surface area (Å²) < 4.78 is 11.2. The van der Waals surface area contributed by atoms with Gasteiger partial charge in [-0.1, -0.05) is 23.9 Å². The van der Waals surface area contributed by atoms with E-state index in [2.05, 4.69) is 24.9 Å². The number of nitrogens with one attached hydrogen (secondary N) is 1. The van der Waals surface area contributed by atoms with Crippen molar-refractivity contribution < 1.29 is 9.15 Å². The molecule has 0 atom stereocenters. The van der Waals surface area contributed by atoms with E-state index in [1.54, 1.807) is 25.2 Å². The third-order valence-electron chi connectivity index (χ3n) is 3.76. The molecule has 3 heterocycles. The number of imidazole rings is 1. The molecule has 7 nitrogen and oxygen atoms in total. The molecule has 4 rings (SSSR count). The molecule has 0 fully saturated rings. The minimum atomic E-state index is 0.555. The van der Waals surface area contributed by atoms with Crippen molar-refractivity contribution in [2.24, 2.45) is 0 Å². The average molecular weight is 353 g/mol. The van der Waals surface area contributed by atoms with Gasteiger partial charge in [-0.3, -0.25) is 0 Å². The first-order valence-corrected chi connectivity index (χ1v) is 8.61. The van der Waals surface area contributed by atoms with Gasteiger partial charge in [-0.2, -0.15) is 0 Å². The maximum absolute atomic E-state index is 5.85. The number of nitrogens with zero attached hydrogens (tertiary/aromatic N) is 4. The molecule has 126 valence electrons. The van der Waals surface area contributed by atoms with E-state index in [4.69, 9.17) is 9.15 Å². The molecule has 0 radical (unpaired) electrons. The lowest BCUT2D eigenvalue weighted by molar-refractivity contribution is 0.414. The molecule has 3 aromatic heterocycles. The SMILES string of the molecule is COc1ccccc1-c1nc(CSc2ncnc3nc[nH]c23)c(C)o1. The van der Waals surface area contributed by atoms with Gasteiger partial charge in [0, 0.05) is 5.75 Å². The zero-order chi connectivity index (χ0) is 17.2. The lowest BCUT2D eigenvalue weighted by Gasteiger charge is -2.03. The van der Waals surface area contributed by atoms with Crippen molar-refractivity contribution in [3.8, 4) is 17.2 Å². The molecule has 0 bridgehead atoms. The molecule has 0 aliphatic rings. The largest absolute Gasteiger partial charge is 0.496 e. The van der Waals surface area contributed by atoms with Gasteiger partial charge in [-0.15, -0.1) is 0 Å². The second-order valence-electron chi connectivity index (χ2n) is 5.29. The molecule has 8 heteroatoms. The molecule has 0 spiro atoms. The number of fused-ring (bicyclic) bond motifs is 1. The Balaban J connectivity index is 1.60. The highest BCUT2D eigenvalue weighted by Gasteiger charge is 2.16. The van der Waals surface area contributed by atoms with Gasteiger partial charge in [-0.25, -0.2) is 19.9 Å². The Bertz CT molecular complexity index is 1030. The van der Waals surface area contributed by atoms with Crippen LogP contribution in [-0.2, 0) is 5.75 Å². The van der Waals surface area contributed by atoms with E-state index in [1.165, 1.54) is 6.33 Å². The summed E-state index contributed by atoms with van der Waals surface area (Å²) in [7, 11) is 1.64. The van der Waals surface area contributed by atoms with Crippen molar-refractivity contribution >= 4 is 22.9 Å². The van der Waals surface area contributed by atoms with Crippen LogP contribution in [0.1, 0.15) is 11.5 Å². The Morgan fingerprint density at radius 1 is 1.20 bits per heavy atom. The van der Waals surface area contributed by atoms with Crippen LogP contribution in [0.4, 0.5) is 0 Å². The first-order chi connectivity index (χ1) is 12.3. The third-order valence-corrected chi connectivity index (χ3v) is 4.76. The van der Waals surface area contributed by atoms with Crippen LogP contribution >= 0.6 is 11.8 Å². The first-order valence-electron chi connectivity index (χ1n) is 7.63. The average Bonchev–Trinajstić information content (AvgIpc) is 3.26. The number of benzene rings is 1. The Morgan fingerprint density at radius 2 is 2.08 bits per heavy atom. The van der Waals surface area contributed by atoms with Crippen molar-refractivity contribution in [1.82, 2.24) is 24.9 Å². The number of H-pyrrole nitrogens is 1. The van der Waals surface area contributed by atoms with Crippen molar-refractivity contribution in [1.29, 1.82) is 0 Å². The Morgan fingerprint density at radius 3 is 2.96 bits per heavy atom.